The lowest BCUT2D eigenvalue weighted by Gasteiger charge is -2.24. The number of hydrogen-bond acceptors (Lipinski definition) is 2. The van der Waals surface area contributed by atoms with Crippen LogP contribution < -0.4 is 0 Å². The van der Waals surface area contributed by atoms with Crippen molar-refractivity contribution in [1.29, 1.82) is 0 Å². The van der Waals surface area contributed by atoms with Crippen LogP contribution in [0.25, 0.3) is 0 Å². The van der Waals surface area contributed by atoms with Gasteiger partial charge in [-0.3, -0.25) is 0 Å². The van der Waals surface area contributed by atoms with E-state index in [4.69, 9.17) is 4.74 Å². The third kappa shape index (κ3) is 4.81. The minimum Gasteiger partial charge on any atom is -0.390 e. The van der Waals surface area contributed by atoms with Gasteiger partial charge in [0, 0.05) is 5.92 Å². The molecule has 0 aliphatic carbocycles. The Hall–Kier alpha value is -2.42. The SMILES string of the molecule is Cc1cc(C)cc(COCC(O)C(c2ccccc2)c2ccccc2)c1. The maximum atomic E-state index is 10.9. The fraction of sp³-hybridized carbons (Fsp3) is 0.250. The van der Waals surface area contributed by atoms with E-state index in [1.165, 1.54) is 11.1 Å². The van der Waals surface area contributed by atoms with Crippen LogP contribution in [0.1, 0.15) is 33.7 Å². The minimum atomic E-state index is -0.606. The lowest BCUT2D eigenvalue weighted by atomic mass is 9.87. The molecule has 2 nitrogen and oxygen atoms in total. The summed E-state index contributed by atoms with van der Waals surface area (Å²) < 4.78 is 5.87. The average Bonchev–Trinajstić information content (AvgIpc) is 2.63. The highest BCUT2D eigenvalue weighted by atomic mass is 16.5. The van der Waals surface area contributed by atoms with Gasteiger partial charge in [0.05, 0.1) is 19.3 Å². The summed E-state index contributed by atoms with van der Waals surface area (Å²) in [7, 11) is 0. The number of aliphatic hydroxyl groups excluding tert-OH is 1. The highest BCUT2D eigenvalue weighted by Gasteiger charge is 2.23. The molecule has 0 saturated carbocycles. The maximum absolute atomic E-state index is 10.9. The summed E-state index contributed by atoms with van der Waals surface area (Å²) in [6.45, 7) is 4.98. The molecular formula is C24H26O2. The first-order chi connectivity index (χ1) is 12.6. The van der Waals surface area contributed by atoms with Gasteiger partial charge in [-0.25, -0.2) is 0 Å². The van der Waals surface area contributed by atoms with Crippen LogP contribution in [0.15, 0.2) is 78.9 Å². The summed E-state index contributed by atoms with van der Waals surface area (Å²) in [5, 5.41) is 10.9. The van der Waals surface area contributed by atoms with Gasteiger partial charge in [0.15, 0.2) is 0 Å². The van der Waals surface area contributed by atoms with Gasteiger partial charge in [-0.2, -0.15) is 0 Å². The second-order valence-electron chi connectivity index (χ2n) is 6.88. The van der Waals surface area contributed by atoms with Crippen LogP contribution in [0.4, 0.5) is 0 Å². The van der Waals surface area contributed by atoms with Gasteiger partial charge >= 0.3 is 0 Å². The molecule has 3 aromatic rings. The van der Waals surface area contributed by atoms with Crippen molar-refractivity contribution in [2.75, 3.05) is 6.61 Å². The quantitative estimate of drug-likeness (QED) is 0.651. The monoisotopic (exact) mass is 346 g/mol. The highest BCUT2D eigenvalue weighted by molar-refractivity contribution is 5.34. The van der Waals surface area contributed by atoms with Crippen molar-refractivity contribution < 1.29 is 9.84 Å². The lowest BCUT2D eigenvalue weighted by molar-refractivity contribution is 0.0207. The van der Waals surface area contributed by atoms with Crippen molar-refractivity contribution in [3.63, 3.8) is 0 Å². The van der Waals surface area contributed by atoms with E-state index in [9.17, 15) is 5.11 Å². The predicted molar refractivity (Wildman–Crippen MR) is 106 cm³/mol. The third-order valence-corrected chi connectivity index (χ3v) is 4.54. The van der Waals surface area contributed by atoms with E-state index >= 15 is 0 Å². The Balaban J connectivity index is 1.71. The summed E-state index contributed by atoms with van der Waals surface area (Å²) in [5.74, 6) is -0.100. The van der Waals surface area contributed by atoms with E-state index in [0.29, 0.717) is 13.2 Å². The normalized spacial score (nSPS) is 12.3. The molecule has 0 heterocycles. The molecule has 3 aromatic carbocycles. The Morgan fingerprint density at radius 1 is 0.769 bits per heavy atom. The van der Waals surface area contributed by atoms with E-state index in [0.717, 1.165) is 16.7 Å². The number of aryl methyl sites for hydroxylation is 2. The molecule has 1 N–H and O–H groups in total. The molecule has 3 rings (SSSR count). The second kappa shape index (κ2) is 8.79. The first kappa shape index (κ1) is 18.4. The Kier molecular flexibility index (Phi) is 6.21. The van der Waals surface area contributed by atoms with E-state index < -0.39 is 6.10 Å². The highest BCUT2D eigenvalue weighted by Crippen LogP contribution is 2.28. The van der Waals surface area contributed by atoms with Gasteiger partial charge in [-0.15, -0.1) is 0 Å². The van der Waals surface area contributed by atoms with E-state index in [1.54, 1.807) is 0 Å². The van der Waals surface area contributed by atoms with Crippen molar-refractivity contribution in [3.05, 3.63) is 107 Å². The van der Waals surface area contributed by atoms with Crippen LogP contribution in [-0.2, 0) is 11.3 Å². The average molecular weight is 346 g/mol. The number of benzene rings is 3. The zero-order chi connectivity index (χ0) is 18.4. The Bertz CT molecular complexity index is 752. The fourth-order valence-corrected chi connectivity index (χ4v) is 3.50. The largest absolute Gasteiger partial charge is 0.390 e. The van der Waals surface area contributed by atoms with Gasteiger partial charge in [0.1, 0.15) is 0 Å². The van der Waals surface area contributed by atoms with Crippen LogP contribution >= 0.6 is 0 Å². The van der Waals surface area contributed by atoms with Gasteiger partial charge in [-0.05, 0) is 30.5 Å². The predicted octanol–water partition coefficient (Wildman–Crippen LogP) is 5.01. The van der Waals surface area contributed by atoms with Crippen molar-refractivity contribution in [2.45, 2.75) is 32.5 Å². The van der Waals surface area contributed by atoms with Crippen LogP contribution in [0.3, 0.4) is 0 Å². The second-order valence-corrected chi connectivity index (χ2v) is 6.88. The summed E-state index contributed by atoms with van der Waals surface area (Å²) in [6.07, 6.45) is -0.606. The number of hydrogen-bond donors (Lipinski definition) is 1. The number of rotatable bonds is 7. The van der Waals surface area contributed by atoms with Crippen molar-refractivity contribution in [3.8, 4) is 0 Å². The number of ether oxygens (including phenoxy) is 1. The Morgan fingerprint density at radius 3 is 1.77 bits per heavy atom. The van der Waals surface area contributed by atoms with Crippen molar-refractivity contribution in [1.82, 2.24) is 0 Å². The molecular weight excluding hydrogens is 320 g/mol. The zero-order valence-corrected chi connectivity index (χ0v) is 15.4. The third-order valence-electron chi connectivity index (χ3n) is 4.54. The smallest absolute Gasteiger partial charge is 0.0882 e. The molecule has 0 aliphatic heterocycles. The summed E-state index contributed by atoms with van der Waals surface area (Å²) >= 11 is 0. The topological polar surface area (TPSA) is 29.5 Å². The van der Waals surface area contributed by atoms with Crippen molar-refractivity contribution >= 4 is 0 Å². The molecule has 0 aliphatic rings. The first-order valence-electron chi connectivity index (χ1n) is 9.06. The van der Waals surface area contributed by atoms with Crippen LogP contribution in [-0.4, -0.2) is 17.8 Å². The van der Waals surface area contributed by atoms with Crippen LogP contribution in [0, 0.1) is 13.8 Å². The summed E-state index contributed by atoms with van der Waals surface area (Å²) in [4.78, 5) is 0. The summed E-state index contributed by atoms with van der Waals surface area (Å²) in [5.41, 5.74) is 5.80. The van der Waals surface area contributed by atoms with Gasteiger partial charge in [-0.1, -0.05) is 90.0 Å². The molecule has 1 atom stereocenters. The number of aliphatic hydroxyl groups is 1. The van der Waals surface area contributed by atoms with Crippen LogP contribution in [0.2, 0.25) is 0 Å². The first-order valence-corrected chi connectivity index (χ1v) is 9.06. The van der Waals surface area contributed by atoms with E-state index in [1.807, 2.05) is 36.4 Å². The van der Waals surface area contributed by atoms with Gasteiger partial charge in [0.25, 0.3) is 0 Å². The Morgan fingerprint density at radius 2 is 1.27 bits per heavy atom. The molecule has 26 heavy (non-hydrogen) atoms. The standard InChI is InChI=1S/C24H26O2/c1-18-13-19(2)15-20(14-18)16-26-17-23(25)24(21-9-5-3-6-10-21)22-11-7-4-8-12-22/h3-15,23-25H,16-17H2,1-2H3. The van der Waals surface area contributed by atoms with E-state index in [2.05, 4.69) is 56.3 Å². The molecule has 0 amide bonds. The molecule has 2 heteroatoms. The van der Waals surface area contributed by atoms with Crippen molar-refractivity contribution in [2.24, 2.45) is 0 Å². The molecule has 0 spiro atoms. The van der Waals surface area contributed by atoms with Gasteiger partial charge in [0.2, 0.25) is 0 Å². The molecule has 0 aromatic heterocycles. The fourth-order valence-electron chi connectivity index (χ4n) is 3.50. The van der Waals surface area contributed by atoms with E-state index in [-0.39, 0.29) is 5.92 Å². The molecule has 0 bridgehead atoms. The molecule has 0 radical (unpaired) electrons. The Labute approximate surface area is 156 Å². The summed E-state index contributed by atoms with van der Waals surface area (Å²) in [6, 6.07) is 26.7. The molecule has 0 saturated heterocycles. The van der Waals surface area contributed by atoms with Gasteiger partial charge < -0.3 is 9.84 Å². The lowest BCUT2D eigenvalue weighted by Crippen LogP contribution is -2.25. The maximum Gasteiger partial charge on any atom is 0.0882 e. The molecule has 134 valence electrons. The minimum absolute atomic E-state index is 0.100. The molecule has 0 fully saturated rings. The van der Waals surface area contributed by atoms with Crippen LogP contribution in [0.5, 0.6) is 0 Å². The zero-order valence-electron chi connectivity index (χ0n) is 15.4. The molecule has 1 unspecified atom stereocenters.